The largest absolute Gasteiger partial charge is 0.391 e. The molecule has 0 amide bonds. The van der Waals surface area contributed by atoms with E-state index in [4.69, 9.17) is 23.7 Å². The van der Waals surface area contributed by atoms with Gasteiger partial charge in [-0.1, -0.05) is 0 Å². The molecule has 6 nitrogen and oxygen atoms in total. The number of aliphatic hydroxyl groups excluding tert-OH is 1. The molecule has 104 valence electrons. The van der Waals surface area contributed by atoms with E-state index in [1.54, 1.807) is 13.8 Å². The van der Waals surface area contributed by atoms with Gasteiger partial charge in [0, 0.05) is 0 Å². The molecule has 0 bridgehead atoms. The Bertz CT molecular complexity index is 354. The fraction of sp³-hybridized carbons (Fsp3) is 1.00. The van der Waals surface area contributed by atoms with Crippen molar-refractivity contribution in [3.63, 3.8) is 0 Å². The van der Waals surface area contributed by atoms with Crippen molar-refractivity contribution in [3.05, 3.63) is 0 Å². The summed E-state index contributed by atoms with van der Waals surface area (Å²) in [5.41, 5.74) is 0. The lowest BCUT2D eigenvalue weighted by atomic mass is 9.98. The summed E-state index contributed by atoms with van der Waals surface area (Å²) >= 11 is 0. The first kappa shape index (κ1) is 12.8. The van der Waals surface area contributed by atoms with Crippen molar-refractivity contribution < 1.29 is 28.8 Å². The zero-order valence-corrected chi connectivity index (χ0v) is 11.1. The number of aliphatic hydroxyl groups is 1. The third kappa shape index (κ3) is 1.79. The maximum absolute atomic E-state index is 9.61. The molecule has 0 saturated carbocycles. The van der Waals surface area contributed by atoms with Crippen LogP contribution in [0.15, 0.2) is 0 Å². The molecule has 3 rings (SSSR count). The Balaban J connectivity index is 1.90. The molecule has 0 radical (unpaired) electrons. The van der Waals surface area contributed by atoms with Crippen molar-refractivity contribution in [1.29, 1.82) is 0 Å². The lowest BCUT2D eigenvalue weighted by Gasteiger charge is -2.39. The summed E-state index contributed by atoms with van der Waals surface area (Å²) in [5.74, 6) is -2.62. The van der Waals surface area contributed by atoms with Crippen LogP contribution in [0.4, 0.5) is 0 Å². The third-order valence-electron chi connectivity index (χ3n) is 3.50. The first-order valence-electron chi connectivity index (χ1n) is 6.25. The Morgan fingerprint density at radius 2 is 1.78 bits per heavy atom. The Kier molecular flexibility index (Phi) is 2.59. The van der Waals surface area contributed by atoms with Gasteiger partial charge in [-0.2, -0.15) is 0 Å². The second-order valence-electron chi connectivity index (χ2n) is 5.96. The van der Waals surface area contributed by atoms with Gasteiger partial charge in [0.15, 0.2) is 11.6 Å². The fourth-order valence-electron chi connectivity index (χ4n) is 2.96. The average Bonchev–Trinajstić information content (AvgIpc) is 2.70. The first-order valence-corrected chi connectivity index (χ1v) is 6.25. The van der Waals surface area contributed by atoms with Crippen LogP contribution in [0.25, 0.3) is 0 Å². The van der Waals surface area contributed by atoms with Crippen molar-refractivity contribution in [3.8, 4) is 0 Å². The fourth-order valence-corrected chi connectivity index (χ4v) is 2.96. The van der Waals surface area contributed by atoms with Crippen LogP contribution >= 0.6 is 0 Å². The lowest BCUT2D eigenvalue weighted by Crippen LogP contribution is -2.60. The molecule has 3 aliphatic heterocycles. The molecule has 18 heavy (non-hydrogen) atoms. The summed E-state index contributed by atoms with van der Waals surface area (Å²) < 4.78 is 28.9. The predicted octanol–water partition coefficient (Wildman–Crippen LogP) is 0.377. The Labute approximate surface area is 106 Å². The minimum Gasteiger partial charge on any atom is -0.391 e. The van der Waals surface area contributed by atoms with Gasteiger partial charge < -0.3 is 28.8 Å². The van der Waals surface area contributed by atoms with Gasteiger partial charge in [0.1, 0.15) is 24.9 Å². The number of rotatable bonds is 1. The summed E-state index contributed by atoms with van der Waals surface area (Å²) in [6, 6.07) is 0. The second kappa shape index (κ2) is 3.65. The van der Waals surface area contributed by atoms with E-state index in [1.165, 1.54) is 0 Å². The number of hydrogen-bond acceptors (Lipinski definition) is 6. The topological polar surface area (TPSA) is 66.4 Å². The van der Waals surface area contributed by atoms with Gasteiger partial charge in [-0.3, -0.25) is 0 Å². The van der Waals surface area contributed by atoms with E-state index in [1.807, 2.05) is 13.8 Å². The zero-order valence-electron chi connectivity index (χ0n) is 11.1. The maximum Gasteiger partial charge on any atom is 0.224 e. The smallest absolute Gasteiger partial charge is 0.224 e. The van der Waals surface area contributed by atoms with E-state index in [2.05, 4.69) is 0 Å². The molecule has 3 heterocycles. The summed E-state index contributed by atoms with van der Waals surface area (Å²) in [6.45, 7) is 7.35. The van der Waals surface area contributed by atoms with Crippen molar-refractivity contribution in [2.75, 3.05) is 13.2 Å². The van der Waals surface area contributed by atoms with Gasteiger partial charge >= 0.3 is 0 Å². The Morgan fingerprint density at radius 1 is 1.06 bits per heavy atom. The molecule has 6 heteroatoms. The van der Waals surface area contributed by atoms with E-state index < -0.39 is 23.5 Å². The Morgan fingerprint density at radius 3 is 2.44 bits per heavy atom. The zero-order chi connectivity index (χ0) is 13.2. The quantitative estimate of drug-likeness (QED) is 0.735. The monoisotopic (exact) mass is 260 g/mol. The van der Waals surface area contributed by atoms with Crippen LogP contribution in [0.2, 0.25) is 0 Å². The van der Waals surface area contributed by atoms with Crippen LogP contribution in [0.1, 0.15) is 27.7 Å². The van der Waals surface area contributed by atoms with Gasteiger partial charge in [-0.05, 0) is 27.7 Å². The number of hydrogen-bond donors (Lipinski definition) is 1. The highest BCUT2D eigenvalue weighted by molar-refractivity contribution is 5.03. The van der Waals surface area contributed by atoms with Crippen LogP contribution in [0, 0.1) is 0 Å². The summed E-state index contributed by atoms with van der Waals surface area (Å²) in [6.07, 6.45) is -0.970. The van der Waals surface area contributed by atoms with Gasteiger partial charge in [0.2, 0.25) is 5.79 Å². The molecule has 3 saturated heterocycles. The molecule has 1 N–H and O–H groups in total. The molecule has 0 aromatic carbocycles. The van der Waals surface area contributed by atoms with Crippen LogP contribution in [0.5, 0.6) is 0 Å². The SMILES string of the molecule is CC1(C)O[C@@H]2[C@@H](COC3(CO)OC(C)(C)O[C@@H]23)O1. The second-order valence-corrected chi connectivity index (χ2v) is 5.96. The molecule has 0 spiro atoms. The molecule has 1 unspecified atom stereocenters. The van der Waals surface area contributed by atoms with E-state index in [-0.39, 0.29) is 18.8 Å². The molecule has 3 fully saturated rings. The highest BCUT2D eigenvalue weighted by Gasteiger charge is 2.65. The van der Waals surface area contributed by atoms with Crippen molar-refractivity contribution in [2.24, 2.45) is 0 Å². The van der Waals surface area contributed by atoms with Crippen molar-refractivity contribution in [2.45, 2.75) is 63.4 Å². The lowest BCUT2D eigenvalue weighted by molar-refractivity contribution is -0.294. The molecule has 0 aromatic heterocycles. The highest BCUT2D eigenvalue weighted by atomic mass is 16.9. The van der Waals surface area contributed by atoms with Crippen molar-refractivity contribution >= 4 is 0 Å². The van der Waals surface area contributed by atoms with Crippen LogP contribution in [-0.4, -0.2) is 54.0 Å². The van der Waals surface area contributed by atoms with Crippen molar-refractivity contribution in [1.82, 2.24) is 0 Å². The molecular formula is C12H20O6. The maximum atomic E-state index is 9.61. The number of fused-ring (bicyclic) bond motifs is 3. The highest BCUT2D eigenvalue weighted by Crippen LogP contribution is 2.47. The average molecular weight is 260 g/mol. The summed E-state index contributed by atoms with van der Waals surface area (Å²) in [7, 11) is 0. The molecule has 0 aliphatic carbocycles. The van der Waals surface area contributed by atoms with Crippen LogP contribution < -0.4 is 0 Å². The number of ether oxygens (including phenoxy) is 5. The molecule has 4 atom stereocenters. The van der Waals surface area contributed by atoms with E-state index in [9.17, 15) is 5.11 Å². The normalized spacial score (nSPS) is 48.8. The van der Waals surface area contributed by atoms with E-state index in [0.717, 1.165) is 0 Å². The van der Waals surface area contributed by atoms with Gasteiger partial charge in [0.25, 0.3) is 0 Å². The van der Waals surface area contributed by atoms with Gasteiger partial charge in [-0.25, -0.2) is 0 Å². The van der Waals surface area contributed by atoms with Gasteiger partial charge in [-0.15, -0.1) is 0 Å². The molecule has 3 aliphatic rings. The third-order valence-corrected chi connectivity index (χ3v) is 3.50. The minimum atomic E-state index is -1.14. The Hall–Kier alpha value is -0.240. The standard InChI is InChI=1S/C12H20O6/c1-10(2)15-7-5-14-12(6-13)9(8(7)16-10)17-11(3,4)18-12/h7-9,13H,5-6H2,1-4H3/t7-,8-,9+,12?/m1/s1. The van der Waals surface area contributed by atoms with E-state index >= 15 is 0 Å². The van der Waals surface area contributed by atoms with Crippen LogP contribution in [-0.2, 0) is 23.7 Å². The molecule has 0 aromatic rings. The van der Waals surface area contributed by atoms with Gasteiger partial charge in [0.05, 0.1) is 6.61 Å². The first-order chi connectivity index (χ1) is 8.27. The minimum absolute atomic E-state index is 0.192. The molecular weight excluding hydrogens is 240 g/mol. The predicted molar refractivity (Wildman–Crippen MR) is 59.6 cm³/mol. The summed E-state index contributed by atoms with van der Waals surface area (Å²) in [4.78, 5) is 0. The van der Waals surface area contributed by atoms with Crippen LogP contribution in [0.3, 0.4) is 0 Å². The van der Waals surface area contributed by atoms with E-state index in [0.29, 0.717) is 6.61 Å². The summed E-state index contributed by atoms with van der Waals surface area (Å²) in [5, 5.41) is 9.61.